The first-order valence-corrected chi connectivity index (χ1v) is 11.2. The normalized spacial score (nSPS) is 13.8. The number of nitrogens with zero attached hydrogens (tertiary/aromatic N) is 2. The van der Waals surface area contributed by atoms with Gasteiger partial charge < -0.3 is 9.47 Å². The molecule has 3 aromatic rings. The summed E-state index contributed by atoms with van der Waals surface area (Å²) >= 11 is 1.45. The number of para-hydroxylation sites is 1. The van der Waals surface area contributed by atoms with E-state index in [1.807, 2.05) is 18.2 Å². The second-order valence-electron chi connectivity index (χ2n) is 7.41. The van der Waals surface area contributed by atoms with E-state index in [-0.39, 0.29) is 11.5 Å². The summed E-state index contributed by atoms with van der Waals surface area (Å²) in [6.45, 7) is -0.454. The lowest BCUT2D eigenvalue weighted by Gasteiger charge is -2.25. The first-order valence-electron chi connectivity index (χ1n) is 10.4. The van der Waals surface area contributed by atoms with Crippen molar-refractivity contribution in [3.05, 3.63) is 76.3 Å². The van der Waals surface area contributed by atoms with Crippen LogP contribution >= 0.6 is 11.3 Å². The number of rotatable bonds is 8. The van der Waals surface area contributed by atoms with Gasteiger partial charge in [-0.05, 0) is 17.7 Å². The summed E-state index contributed by atoms with van der Waals surface area (Å²) in [4.78, 5) is 20.5. The topological polar surface area (TPSA) is 63.7 Å². The third-order valence-electron chi connectivity index (χ3n) is 5.14. The highest BCUT2D eigenvalue weighted by Crippen LogP contribution is 2.33. The van der Waals surface area contributed by atoms with E-state index in [4.69, 9.17) is 4.74 Å². The fraction of sp³-hybridized carbons (Fsp3) is 0.250. The van der Waals surface area contributed by atoms with Crippen LogP contribution in [0.2, 0.25) is 0 Å². The molecule has 0 fully saturated rings. The van der Waals surface area contributed by atoms with Crippen molar-refractivity contribution in [3.8, 4) is 11.5 Å². The van der Waals surface area contributed by atoms with Crippen LogP contribution in [0.3, 0.4) is 0 Å². The maximum Gasteiger partial charge on any atom is 0.387 e. The number of anilines is 1. The standard InChI is InChI=1S/C24H23F2N3O3S/c1-31-19-9-5-8-17(22(19)32-23(25)26)10-11-21(30)28-24-27-18-12-13-29(15-20(18)33-24)14-16-6-3-2-4-7-16/h2-11,23H,12-15H2,1H3,(H,27,28,30)/b11-10-. The van der Waals surface area contributed by atoms with Crippen LogP contribution in [-0.4, -0.2) is 36.1 Å². The predicted molar refractivity (Wildman–Crippen MR) is 124 cm³/mol. The molecule has 0 spiro atoms. The number of ether oxygens (including phenoxy) is 2. The van der Waals surface area contributed by atoms with Crippen molar-refractivity contribution in [1.82, 2.24) is 9.88 Å². The lowest BCUT2D eigenvalue weighted by atomic mass is 10.1. The average molecular weight is 472 g/mol. The summed E-state index contributed by atoms with van der Waals surface area (Å²) in [7, 11) is 1.36. The second-order valence-corrected chi connectivity index (χ2v) is 8.50. The van der Waals surface area contributed by atoms with E-state index in [9.17, 15) is 13.6 Å². The van der Waals surface area contributed by atoms with Crippen molar-refractivity contribution >= 4 is 28.5 Å². The van der Waals surface area contributed by atoms with Gasteiger partial charge in [0, 0.05) is 42.6 Å². The molecule has 4 rings (SSSR count). The number of carbonyl (C=O) groups is 1. The van der Waals surface area contributed by atoms with Crippen molar-refractivity contribution in [2.24, 2.45) is 0 Å². The molecule has 1 aromatic heterocycles. The number of alkyl halides is 2. The average Bonchev–Trinajstić information content (AvgIpc) is 3.20. The lowest BCUT2D eigenvalue weighted by Crippen LogP contribution is -2.29. The van der Waals surface area contributed by atoms with Gasteiger partial charge in [0.2, 0.25) is 5.91 Å². The Morgan fingerprint density at radius 1 is 1.24 bits per heavy atom. The minimum Gasteiger partial charge on any atom is -0.493 e. The van der Waals surface area contributed by atoms with Gasteiger partial charge in [0.15, 0.2) is 16.6 Å². The number of aromatic nitrogens is 1. The van der Waals surface area contributed by atoms with Gasteiger partial charge in [-0.15, -0.1) is 11.3 Å². The molecule has 0 unspecified atom stereocenters. The van der Waals surface area contributed by atoms with Gasteiger partial charge in [0.25, 0.3) is 0 Å². The fourth-order valence-electron chi connectivity index (χ4n) is 3.63. The monoisotopic (exact) mass is 471 g/mol. The van der Waals surface area contributed by atoms with Crippen LogP contribution in [0.15, 0.2) is 54.6 Å². The Morgan fingerprint density at radius 2 is 2.06 bits per heavy atom. The quantitative estimate of drug-likeness (QED) is 0.471. The summed E-state index contributed by atoms with van der Waals surface area (Å²) < 4.78 is 35.2. The number of carbonyl (C=O) groups excluding carboxylic acids is 1. The van der Waals surface area contributed by atoms with E-state index < -0.39 is 12.5 Å². The molecule has 0 saturated carbocycles. The molecule has 2 heterocycles. The maximum atomic E-state index is 12.8. The fourth-order valence-corrected chi connectivity index (χ4v) is 4.68. The molecule has 1 aliphatic rings. The summed E-state index contributed by atoms with van der Waals surface area (Å²) in [6.07, 6.45) is 3.49. The van der Waals surface area contributed by atoms with Crippen LogP contribution in [0.5, 0.6) is 11.5 Å². The van der Waals surface area contributed by atoms with Gasteiger partial charge in [-0.1, -0.05) is 42.5 Å². The van der Waals surface area contributed by atoms with Crippen LogP contribution in [-0.2, 0) is 24.3 Å². The predicted octanol–water partition coefficient (Wildman–Crippen LogP) is 4.96. The molecule has 9 heteroatoms. The van der Waals surface area contributed by atoms with E-state index in [2.05, 4.69) is 32.1 Å². The Bertz CT molecular complexity index is 1140. The first-order chi connectivity index (χ1) is 16.0. The maximum absolute atomic E-state index is 12.8. The molecule has 0 bridgehead atoms. The Morgan fingerprint density at radius 3 is 2.82 bits per heavy atom. The second kappa shape index (κ2) is 10.5. The molecule has 1 N–H and O–H groups in total. The van der Waals surface area contributed by atoms with Crippen molar-refractivity contribution in [2.75, 3.05) is 19.0 Å². The van der Waals surface area contributed by atoms with Gasteiger partial charge in [-0.25, -0.2) is 4.98 Å². The van der Waals surface area contributed by atoms with E-state index >= 15 is 0 Å². The minimum absolute atomic E-state index is 0.123. The number of halogens is 2. The smallest absolute Gasteiger partial charge is 0.387 e. The molecule has 1 amide bonds. The first kappa shape index (κ1) is 22.9. The van der Waals surface area contributed by atoms with E-state index in [1.165, 1.54) is 42.2 Å². The van der Waals surface area contributed by atoms with E-state index in [1.54, 1.807) is 12.1 Å². The molecular weight excluding hydrogens is 448 g/mol. The van der Waals surface area contributed by atoms with Crippen molar-refractivity contribution in [1.29, 1.82) is 0 Å². The Labute approximate surface area is 194 Å². The Hall–Kier alpha value is -3.30. The largest absolute Gasteiger partial charge is 0.493 e. The molecule has 0 saturated heterocycles. The highest BCUT2D eigenvalue weighted by Gasteiger charge is 2.21. The molecule has 1 aliphatic heterocycles. The third-order valence-corrected chi connectivity index (χ3v) is 6.14. The molecule has 0 radical (unpaired) electrons. The Kier molecular flexibility index (Phi) is 7.31. The summed E-state index contributed by atoms with van der Waals surface area (Å²) in [5, 5.41) is 3.29. The number of benzene rings is 2. The summed E-state index contributed by atoms with van der Waals surface area (Å²) in [6, 6.07) is 15.0. The van der Waals surface area contributed by atoms with Crippen LogP contribution < -0.4 is 14.8 Å². The highest BCUT2D eigenvalue weighted by molar-refractivity contribution is 7.15. The molecule has 33 heavy (non-hydrogen) atoms. The van der Waals surface area contributed by atoms with E-state index in [0.717, 1.165) is 36.6 Å². The molecule has 172 valence electrons. The third kappa shape index (κ3) is 5.94. The molecule has 6 nitrogen and oxygen atoms in total. The van der Waals surface area contributed by atoms with Gasteiger partial charge in [0.1, 0.15) is 0 Å². The number of fused-ring (bicyclic) bond motifs is 1. The number of hydrogen-bond acceptors (Lipinski definition) is 6. The zero-order chi connectivity index (χ0) is 23.2. The number of thiazole rings is 1. The SMILES string of the molecule is COc1cccc(/C=C\C(=O)Nc2nc3c(s2)CN(Cc2ccccc2)CC3)c1OC(F)F. The van der Waals surface area contributed by atoms with Gasteiger partial charge >= 0.3 is 6.61 Å². The number of nitrogens with one attached hydrogen (secondary N) is 1. The molecule has 2 aromatic carbocycles. The van der Waals surface area contributed by atoms with Gasteiger partial charge in [0.05, 0.1) is 12.8 Å². The molecular formula is C24H23F2N3O3S. The number of methoxy groups -OCH3 is 1. The van der Waals surface area contributed by atoms with Crippen LogP contribution in [0.4, 0.5) is 13.9 Å². The lowest BCUT2D eigenvalue weighted by molar-refractivity contribution is -0.111. The summed E-state index contributed by atoms with van der Waals surface area (Å²) in [5.74, 6) is -0.374. The van der Waals surface area contributed by atoms with Gasteiger partial charge in [-0.3, -0.25) is 15.0 Å². The zero-order valence-corrected chi connectivity index (χ0v) is 18.8. The Balaban J connectivity index is 1.40. The van der Waals surface area contributed by atoms with Crippen molar-refractivity contribution < 1.29 is 23.0 Å². The van der Waals surface area contributed by atoms with Crippen LogP contribution in [0, 0.1) is 0 Å². The summed E-state index contributed by atoms with van der Waals surface area (Å²) in [5.41, 5.74) is 2.57. The number of amides is 1. The highest BCUT2D eigenvalue weighted by atomic mass is 32.1. The zero-order valence-electron chi connectivity index (χ0n) is 18.0. The minimum atomic E-state index is -3.01. The molecule has 0 aliphatic carbocycles. The van der Waals surface area contributed by atoms with E-state index in [0.29, 0.717) is 10.7 Å². The van der Waals surface area contributed by atoms with Crippen LogP contribution in [0.25, 0.3) is 6.08 Å². The molecule has 0 atom stereocenters. The van der Waals surface area contributed by atoms with Crippen molar-refractivity contribution in [3.63, 3.8) is 0 Å². The van der Waals surface area contributed by atoms with Crippen molar-refractivity contribution in [2.45, 2.75) is 26.1 Å². The van der Waals surface area contributed by atoms with Gasteiger partial charge in [-0.2, -0.15) is 8.78 Å². The number of hydrogen-bond donors (Lipinski definition) is 1. The van der Waals surface area contributed by atoms with Crippen LogP contribution in [0.1, 0.15) is 21.7 Å².